The lowest BCUT2D eigenvalue weighted by molar-refractivity contribution is 0.449. The number of rotatable bonds is 4. The van der Waals surface area contributed by atoms with Crippen LogP contribution in [-0.4, -0.2) is 16.5 Å². The van der Waals surface area contributed by atoms with Crippen LogP contribution in [0.25, 0.3) is 10.1 Å². The van der Waals surface area contributed by atoms with Crippen molar-refractivity contribution in [3.63, 3.8) is 0 Å². The summed E-state index contributed by atoms with van der Waals surface area (Å²) >= 11 is 1.58. The zero-order valence-electron chi connectivity index (χ0n) is 11.8. The van der Waals surface area contributed by atoms with E-state index in [2.05, 4.69) is 5.32 Å². The van der Waals surface area contributed by atoms with Crippen molar-refractivity contribution in [1.29, 1.82) is 0 Å². The Morgan fingerprint density at radius 2 is 1.90 bits per heavy atom. The van der Waals surface area contributed by atoms with Crippen LogP contribution < -0.4 is 10.9 Å². The van der Waals surface area contributed by atoms with Crippen molar-refractivity contribution >= 4 is 21.6 Å². The molecule has 0 unspecified atom stereocenters. The third-order valence-corrected chi connectivity index (χ3v) is 5.28. The summed E-state index contributed by atoms with van der Waals surface area (Å²) in [7, 11) is 0. The fourth-order valence-corrected chi connectivity index (χ4v) is 4.01. The maximum absolute atomic E-state index is 12.2. The van der Waals surface area contributed by atoms with Gasteiger partial charge in [-0.2, -0.15) is 0 Å². The molecule has 4 heteroatoms. The second-order valence-corrected chi connectivity index (χ2v) is 6.70. The molecule has 1 aromatic heterocycles. The van der Waals surface area contributed by atoms with Gasteiger partial charge in [-0.1, -0.05) is 49.3 Å². The third-order valence-electron chi connectivity index (χ3n) is 4.16. The predicted octanol–water partition coefficient (Wildman–Crippen LogP) is 3.38. The fourth-order valence-electron chi connectivity index (χ4n) is 3.02. The minimum absolute atomic E-state index is 0.160. The molecular formula is C16H22N2OS. The molecular weight excluding hydrogens is 268 g/mol. The van der Waals surface area contributed by atoms with Gasteiger partial charge < -0.3 is 5.32 Å². The number of nitrogens with one attached hydrogen (secondary N) is 1. The summed E-state index contributed by atoms with van der Waals surface area (Å²) < 4.78 is 2.97. The molecule has 3 rings (SSSR count). The molecule has 0 saturated heterocycles. The topological polar surface area (TPSA) is 34.0 Å². The average molecular weight is 290 g/mol. The lowest BCUT2D eigenvalue weighted by Gasteiger charge is -2.15. The summed E-state index contributed by atoms with van der Waals surface area (Å²) in [6, 6.07) is 8.53. The Bertz CT molecular complexity index is 608. The van der Waals surface area contributed by atoms with E-state index in [0.29, 0.717) is 6.04 Å². The van der Waals surface area contributed by atoms with Gasteiger partial charge in [0.25, 0.3) is 5.56 Å². The highest BCUT2D eigenvalue weighted by molar-refractivity contribution is 7.13. The highest BCUT2D eigenvalue weighted by Crippen LogP contribution is 2.18. The van der Waals surface area contributed by atoms with Crippen LogP contribution in [0.5, 0.6) is 0 Å². The Morgan fingerprint density at radius 3 is 2.65 bits per heavy atom. The zero-order valence-corrected chi connectivity index (χ0v) is 12.6. The largest absolute Gasteiger partial charge is 0.312 e. The highest BCUT2D eigenvalue weighted by Gasteiger charge is 2.12. The van der Waals surface area contributed by atoms with Gasteiger partial charge in [0.1, 0.15) is 0 Å². The standard InChI is InChI=1S/C16H22N2OS/c19-16-14-9-5-6-10-15(14)20-18(16)12-11-17-13-7-3-1-2-4-8-13/h5-6,9-10,13,17H,1-4,7-8,11-12H2. The van der Waals surface area contributed by atoms with E-state index in [9.17, 15) is 4.79 Å². The lowest BCUT2D eigenvalue weighted by atomic mass is 10.1. The van der Waals surface area contributed by atoms with E-state index in [1.165, 1.54) is 38.5 Å². The molecule has 108 valence electrons. The summed E-state index contributed by atoms with van der Waals surface area (Å²) in [5.74, 6) is 0. The Labute approximate surface area is 123 Å². The first-order valence-corrected chi connectivity index (χ1v) is 8.44. The summed E-state index contributed by atoms with van der Waals surface area (Å²) in [6.07, 6.45) is 8.05. The minimum Gasteiger partial charge on any atom is -0.312 e. The van der Waals surface area contributed by atoms with E-state index in [0.717, 1.165) is 23.2 Å². The van der Waals surface area contributed by atoms with E-state index in [-0.39, 0.29) is 5.56 Å². The molecule has 20 heavy (non-hydrogen) atoms. The zero-order chi connectivity index (χ0) is 13.8. The molecule has 2 aromatic rings. The van der Waals surface area contributed by atoms with Gasteiger partial charge in [-0.05, 0) is 25.0 Å². The second kappa shape index (κ2) is 6.55. The van der Waals surface area contributed by atoms with Crippen molar-refractivity contribution in [3.8, 4) is 0 Å². The van der Waals surface area contributed by atoms with Crippen LogP contribution >= 0.6 is 11.5 Å². The molecule has 1 aliphatic carbocycles. The molecule has 1 fully saturated rings. The van der Waals surface area contributed by atoms with Gasteiger partial charge in [0.15, 0.2) is 0 Å². The first-order valence-electron chi connectivity index (χ1n) is 7.67. The molecule has 0 spiro atoms. The smallest absolute Gasteiger partial charge is 0.268 e. The van der Waals surface area contributed by atoms with Crippen LogP contribution in [0.4, 0.5) is 0 Å². The molecule has 0 radical (unpaired) electrons. The monoisotopic (exact) mass is 290 g/mol. The van der Waals surface area contributed by atoms with E-state index in [1.54, 1.807) is 11.5 Å². The van der Waals surface area contributed by atoms with Crippen LogP contribution in [0.3, 0.4) is 0 Å². The molecule has 0 bridgehead atoms. The van der Waals surface area contributed by atoms with Gasteiger partial charge in [0, 0.05) is 19.1 Å². The van der Waals surface area contributed by atoms with Gasteiger partial charge in [-0.15, -0.1) is 0 Å². The van der Waals surface area contributed by atoms with Crippen molar-refractivity contribution in [1.82, 2.24) is 9.27 Å². The predicted molar refractivity (Wildman–Crippen MR) is 85.6 cm³/mol. The normalized spacial score (nSPS) is 17.4. The molecule has 0 aliphatic heterocycles. The molecule has 1 N–H and O–H groups in total. The molecule has 1 saturated carbocycles. The first kappa shape index (κ1) is 13.8. The maximum atomic E-state index is 12.2. The van der Waals surface area contributed by atoms with Crippen molar-refractivity contribution < 1.29 is 0 Å². The summed E-state index contributed by atoms with van der Waals surface area (Å²) in [6.45, 7) is 1.69. The first-order chi connectivity index (χ1) is 9.84. The molecule has 0 amide bonds. The molecule has 1 aliphatic rings. The van der Waals surface area contributed by atoms with Gasteiger partial charge in [-0.3, -0.25) is 8.75 Å². The summed E-state index contributed by atoms with van der Waals surface area (Å²) in [5.41, 5.74) is 0.160. The minimum atomic E-state index is 0.160. The Kier molecular flexibility index (Phi) is 4.53. The summed E-state index contributed by atoms with van der Waals surface area (Å²) in [5, 5.41) is 4.48. The average Bonchev–Trinajstić information content (AvgIpc) is 2.66. The van der Waals surface area contributed by atoms with Gasteiger partial charge in [0.05, 0.1) is 10.1 Å². The van der Waals surface area contributed by atoms with Crippen LogP contribution in [0.2, 0.25) is 0 Å². The number of hydrogen-bond donors (Lipinski definition) is 1. The van der Waals surface area contributed by atoms with Gasteiger partial charge in [0.2, 0.25) is 0 Å². The van der Waals surface area contributed by atoms with Crippen LogP contribution in [-0.2, 0) is 6.54 Å². The van der Waals surface area contributed by atoms with Crippen LogP contribution in [0.1, 0.15) is 38.5 Å². The number of nitrogens with zero attached hydrogens (tertiary/aromatic N) is 1. The molecule has 1 aromatic carbocycles. The Balaban J connectivity index is 1.59. The second-order valence-electron chi connectivity index (χ2n) is 5.64. The van der Waals surface area contributed by atoms with Crippen molar-refractivity contribution in [2.45, 2.75) is 51.1 Å². The van der Waals surface area contributed by atoms with Crippen LogP contribution in [0.15, 0.2) is 29.1 Å². The van der Waals surface area contributed by atoms with E-state index >= 15 is 0 Å². The van der Waals surface area contributed by atoms with E-state index < -0.39 is 0 Å². The Hall–Kier alpha value is -1.13. The Morgan fingerprint density at radius 1 is 1.15 bits per heavy atom. The van der Waals surface area contributed by atoms with Crippen molar-refractivity contribution in [2.75, 3.05) is 6.54 Å². The van der Waals surface area contributed by atoms with Crippen LogP contribution in [0, 0.1) is 0 Å². The molecule has 0 atom stereocenters. The van der Waals surface area contributed by atoms with Gasteiger partial charge in [-0.25, -0.2) is 0 Å². The third kappa shape index (κ3) is 3.13. The molecule has 1 heterocycles. The number of aromatic nitrogens is 1. The van der Waals surface area contributed by atoms with Gasteiger partial charge >= 0.3 is 0 Å². The van der Waals surface area contributed by atoms with E-state index in [1.807, 2.05) is 28.2 Å². The maximum Gasteiger partial charge on any atom is 0.268 e. The summed E-state index contributed by atoms with van der Waals surface area (Å²) in [4.78, 5) is 12.2. The highest BCUT2D eigenvalue weighted by atomic mass is 32.1. The van der Waals surface area contributed by atoms with Crippen molar-refractivity contribution in [3.05, 3.63) is 34.6 Å². The van der Waals surface area contributed by atoms with E-state index in [4.69, 9.17) is 0 Å². The number of benzene rings is 1. The van der Waals surface area contributed by atoms with Crippen molar-refractivity contribution in [2.24, 2.45) is 0 Å². The quantitative estimate of drug-likeness (QED) is 0.876. The SMILES string of the molecule is O=c1c2ccccc2sn1CCNC1CCCCCC1. The number of hydrogen-bond acceptors (Lipinski definition) is 3. The number of fused-ring (bicyclic) bond motifs is 1. The lowest BCUT2D eigenvalue weighted by Crippen LogP contribution is -2.32. The molecule has 3 nitrogen and oxygen atoms in total. The fraction of sp³-hybridized carbons (Fsp3) is 0.562.